The molecule has 0 heterocycles. The minimum atomic E-state index is 0.639. The Balaban J connectivity index is 3.99. The lowest BCUT2D eigenvalue weighted by molar-refractivity contribution is 0.230. The van der Waals surface area contributed by atoms with Gasteiger partial charge in [-0.1, -0.05) is 63.3 Å². The zero-order valence-corrected chi connectivity index (χ0v) is 13.1. The van der Waals surface area contributed by atoms with E-state index in [-0.39, 0.29) is 0 Å². The van der Waals surface area contributed by atoms with E-state index in [0.717, 1.165) is 13.1 Å². The molecule has 18 heavy (non-hydrogen) atoms. The van der Waals surface area contributed by atoms with Crippen LogP contribution in [0.2, 0.25) is 0 Å². The molecule has 0 aromatic heterocycles. The quantitative estimate of drug-likeness (QED) is 0.361. The summed E-state index contributed by atoms with van der Waals surface area (Å²) in [5, 5.41) is 0. The Morgan fingerprint density at radius 3 is 1.89 bits per heavy atom. The van der Waals surface area contributed by atoms with Gasteiger partial charge in [-0.3, -0.25) is 4.90 Å². The summed E-state index contributed by atoms with van der Waals surface area (Å²) in [6, 6.07) is 0.639. The number of hydrogen-bond acceptors (Lipinski definition) is 1. The molecule has 0 fully saturated rings. The fourth-order valence-corrected chi connectivity index (χ4v) is 2.29. The van der Waals surface area contributed by atoms with Gasteiger partial charge in [0.2, 0.25) is 0 Å². The lowest BCUT2D eigenvalue weighted by atomic mass is 10.1. The van der Waals surface area contributed by atoms with Crippen LogP contribution in [0, 0.1) is 0 Å². The molecule has 0 aliphatic carbocycles. The normalized spacial score (nSPS) is 12.7. The molecule has 0 aromatic carbocycles. The summed E-state index contributed by atoms with van der Waals surface area (Å²) in [7, 11) is 0. The van der Waals surface area contributed by atoms with Gasteiger partial charge in [-0.25, -0.2) is 0 Å². The topological polar surface area (TPSA) is 3.24 Å². The van der Waals surface area contributed by atoms with Gasteiger partial charge in [-0.05, 0) is 27.2 Å². The molecular weight excluding hydrogens is 218 g/mol. The van der Waals surface area contributed by atoms with Gasteiger partial charge in [-0.15, -0.1) is 0 Å². The second kappa shape index (κ2) is 10.4. The molecule has 0 N–H and O–H groups in total. The van der Waals surface area contributed by atoms with Crippen molar-refractivity contribution in [2.24, 2.45) is 0 Å². The fraction of sp³-hybridized carbons (Fsp3) is 0.765. The first kappa shape index (κ1) is 17.4. The van der Waals surface area contributed by atoms with E-state index in [1.54, 1.807) is 0 Å². The molecule has 0 amide bonds. The molecule has 0 spiro atoms. The lowest BCUT2D eigenvalue weighted by Crippen LogP contribution is -2.35. The van der Waals surface area contributed by atoms with E-state index < -0.39 is 0 Å². The first-order chi connectivity index (χ1) is 8.47. The molecule has 0 bridgehead atoms. The van der Waals surface area contributed by atoms with E-state index >= 15 is 0 Å². The van der Waals surface area contributed by atoms with Gasteiger partial charge < -0.3 is 0 Å². The number of rotatable bonds is 11. The molecule has 1 nitrogen and oxygen atoms in total. The highest BCUT2D eigenvalue weighted by Gasteiger charge is 2.13. The standard InChI is InChI=1S/C17H33N/c1-7-8-9-10-11-12-17(6)18(13-15(2)3)14-16(4)5/h17H,2,4,7-14H2,1,3,5-6H3. The SMILES string of the molecule is C=C(C)CN(CC(=C)C)C(C)CCCCCCC. The van der Waals surface area contributed by atoms with Crippen LogP contribution >= 0.6 is 0 Å². The highest BCUT2D eigenvalue weighted by molar-refractivity contribution is 4.99. The highest BCUT2D eigenvalue weighted by atomic mass is 15.1. The van der Waals surface area contributed by atoms with Crippen LogP contribution < -0.4 is 0 Å². The van der Waals surface area contributed by atoms with Gasteiger partial charge >= 0.3 is 0 Å². The average Bonchev–Trinajstić information content (AvgIpc) is 2.26. The largest absolute Gasteiger partial charge is 0.293 e. The van der Waals surface area contributed by atoms with Crippen LogP contribution in [-0.4, -0.2) is 24.0 Å². The van der Waals surface area contributed by atoms with Crippen LogP contribution in [0.3, 0.4) is 0 Å². The van der Waals surface area contributed by atoms with Crippen LogP contribution in [0.5, 0.6) is 0 Å². The van der Waals surface area contributed by atoms with E-state index in [0.29, 0.717) is 6.04 Å². The second-order valence-corrected chi connectivity index (χ2v) is 5.87. The average molecular weight is 251 g/mol. The van der Waals surface area contributed by atoms with Crippen molar-refractivity contribution in [3.63, 3.8) is 0 Å². The zero-order valence-electron chi connectivity index (χ0n) is 13.1. The van der Waals surface area contributed by atoms with Crippen molar-refractivity contribution in [2.75, 3.05) is 13.1 Å². The van der Waals surface area contributed by atoms with Crippen molar-refractivity contribution in [2.45, 2.75) is 72.3 Å². The minimum absolute atomic E-state index is 0.639. The number of nitrogens with zero attached hydrogens (tertiary/aromatic N) is 1. The van der Waals surface area contributed by atoms with E-state index in [1.165, 1.54) is 49.7 Å². The van der Waals surface area contributed by atoms with Crippen molar-refractivity contribution in [1.29, 1.82) is 0 Å². The maximum Gasteiger partial charge on any atom is 0.0193 e. The summed E-state index contributed by atoms with van der Waals surface area (Å²) in [6.07, 6.45) is 8.13. The van der Waals surface area contributed by atoms with Crippen molar-refractivity contribution < 1.29 is 0 Å². The van der Waals surface area contributed by atoms with Crippen LogP contribution in [0.15, 0.2) is 24.3 Å². The highest BCUT2D eigenvalue weighted by Crippen LogP contribution is 2.14. The monoisotopic (exact) mass is 251 g/mol. The molecule has 106 valence electrons. The molecule has 0 saturated carbocycles. The maximum atomic E-state index is 4.03. The molecule has 1 heteroatoms. The fourth-order valence-electron chi connectivity index (χ4n) is 2.29. The van der Waals surface area contributed by atoms with Gasteiger partial charge in [0.1, 0.15) is 0 Å². The van der Waals surface area contributed by atoms with Crippen molar-refractivity contribution >= 4 is 0 Å². The first-order valence-electron chi connectivity index (χ1n) is 7.50. The molecule has 0 aliphatic rings. The summed E-state index contributed by atoms with van der Waals surface area (Å²) in [4.78, 5) is 2.50. The Morgan fingerprint density at radius 2 is 1.44 bits per heavy atom. The molecular formula is C17H33N. The molecule has 0 radical (unpaired) electrons. The van der Waals surface area contributed by atoms with Crippen molar-refractivity contribution in [3.05, 3.63) is 24.3 Å². The Kier molecular flexibility index (Phi) is 10.0. The summed E-state index contributed by atoms with van der Waals surface area (Å²) < 4.78 is 0. The Morgan fingerprint density at radius 1 is 0.944 bits per heavy atom. The summed E-state index contributed by atoms with van der Waals surface area (Å²) in [6.45, 7) is 18.9. The summed E-state index contributed by atoms with van der Waals surface area (Å²) >= 11 is 0. The summed E-state index contributed by atoms with van der Waals surface area (Å²) in [5.74, 6) is 0. The third kappa shape index (κ3) is 9.47. The Hall–Kier alpha value is -0.560. The van der Waals surface area contributed by atoms with Crippen LogP contribution in [0.25, 0.3) is 0 Å². The first-order valence-corrected chi connectivity index (χ1v) is 7.50. The van der Waals surface area contributed by atoms with Crippen LogP contribution in [0.1, 0.15) is 66.2 Å². The third-order valence-corrected chi connectivity index (χ3v) is 3.29. The van der Waals surface area contributed by atoms with E-state index in [1.807, 2.05) is 0 Å². The molecule has 1 atom stereocenters. The lowest BCUT2D eigenvalue weighted by Gasteiger charge is -2.29. The molecule has 0 aliphatic heterocycles. The predicted octanol–water partition coefficient (Wildman–Crippen LogP) is 5.19. The van der Waals surface area contributed by atoms with Crippen molar-refractivity contribution in [1.82, 2.24) is 4.90 Å². The summed E-state index contributed by atoms with van der Waals surface area (Å²) in [5.41, 5.74) is 2.49. The van der Waals surface area contributed by atoms with Gasteiger partial charge in [-0.2, -0.15) is 0 Å². The van der Waals surface area contributed by atoms with E-state index in [9.17, 15) is 0 Å². The van der Waals surface area contributed by atoms with Gasteiger partial charge in [0.25, 0.3) is 0 Å². The third-order valence-electron chi connectivity index (χ3n) is 3.29. The van der Waals surface area contributed by atoms with Crippen LogP contribution in [0.4, 0.5) is 0 Å². The minimum Gasteiger partial charge on any atom is -0.293 e. The zero-order chi connectivity index (χ0) is 14.0. The predicted molar refractivity (Wildman–Crippen MR) is 84.0 cm³/mol. The van der Waals surface area contributed by atoms with Gasteiger partial charge in [0.05, 0.1) is 0 Å². The van der Waals surface area contributed by atoms with E-state index in [4.69, 9.17) is 0 Å². The second-order valence-electron chi connectivity index (χ2n) is 5.87. The maximum absolute atomic E-state index is 4.03. The van der Waals surface area contributed by atoms with Gasteiger partial charge in [0, 0.05) is 19.1 Å². The molecule has 0 aromatic rings. The number of unbranched alkanes of at least 4 members (excludes halogenated alkanes) is 4. The van der Waals surface area contributed by atoms with Crippen molar-refractivity contribution in [3.8, 4) is 0 Å². The Labute approximate surface area is 115 Å². The molecule has 0 saturated heterocycles. The van der Waals surface area contributed by atoms with E-state index in [2.05, 4.69) is 45.8 Å². The Bertz CT molecular complexity index is 226. The number of hydrogen-bond donors (Lipinski definition) is 0. The molecule has 1 unspecified atom stereocenters. The molecule has 0 rings (SSSR count). The van der Waals surface area contributed by atoms with Gasteiger partial charge in [0.15, 0.2) is 0 Å². The smallest absolute Gasteiger partial charge is 0.0193 e. The van der Waals surface area contributed by atoms with Crippen LogP contribution in [-0.2, 0) is 0 Å².